The number of aromatic nitrogens is 2. The maximum Gasteiger partial charge on any atom is 0.256 e. The Balaban J connectivity index is 2.17. The summed E-state index contributed by atoms with van der Waals surface area (Å²) in [5.74, 6) is -0.178. The minimum atomic E-state index is -0.487. The molecule has 0 fully saturated rings. The van der Waals surface area contributed by atoms with Gasteiger partial charge in [0.05, 0.1) is 12.1 Å². The van der Waals surface area contributed by atoms with E-state index in [0.717, 1.165) is 6.07 Å². The number of halogens is 1. The van der Waals surface area contributed by atoms with E-state index in [1.807, 2.05) is 0 Å². The first-order valence-corrected chi connectivity index (χ1v) is 5.36. The van der Waals surface area contributed by atoms with Gasteiger partial charge in [-0.1, -0.05) is 0 Å². The van der Waals surface area contributed by atoms with Crippen molar-refractivity contribution in [3.8, 4) is 0 Å². The fourth-order valence-corrected chi connectivity index (χ4v) is 1.60. The molecule has 2 aromatic rings. The lowest BCUT2D eigenvalue weighted by Gasteiger charge is -2.16. The predicted octanol–water partition coefficient (Wildman–Crippen LogP) is 1.40. The van der Waals surface area contributed by atoms with E-state index in [0.29, 0.717) is 12.4 Å². The number of anilines is 1. The minimum absolute atomic E-state index is 0.157. The first-order valence-electron chi connectivity index (χ1n) is 5.36. The zero-order valence-electron chi connectivity index (χ0n) is 9.85. The van der Waals surface area contributed by atoms with Gasteiger partial charge in [0.2, 0.25) is 0 Å². The summed E-state index contributed by atoms with van der Waals surface area (Å²) >= 11 is 0. The SMILES string of the molecule is CN(Cc1ncc[nH]1)C(=O)c1cc(F)ccc1N. The summed E-state index contributed by atoms with van der Waals surface area (Å²) in [5, 5.41) is 0. The Morgan fingerprint density at radius 1 is 1.56 bits per heavy atom. The second-order valence-electron chi connectivity index (χ2n) is 3.93. The molecule has 0 bridgehead atoms. The van der Waals surface area contributed by atoms with Crippen molar-refractivity contribution in [2.75, 3.05) is 12.8 Å². The second-order valence-corrected chi connectivity index (χ2v) is 3.93. The van der Waals surface area contributed by atoms with Crippen molar-refractivity contribution in [1.82, 2.24) is 14.9 Å². The number of nitrogens with one attached hydrogen (secondary N) is 1. The van der Waals surface area contributed by atoms with Gasteiger partial charge in [-0.3, -0.25) is 4.79 Å². The van der Waals surface area contributed by atoms with E-state index in [4.69, 9.17) is 5.73 Å². The highest BCUT2D eigenvalue weighted by Crippen LogP contribution is 2.15. The molecule has 5 nitrogen and oxygen atoms in total. The Morgan fingerprint density at radius 3 is 3.00 bits per heavy atom. The van der Waals surface area contributed by atoms with E-state index in [2.05, 4.69) is 9.97 Å². The molecule has 0 saturated carbocycles. The predicted molar refractivity (Wildman–Crippen MR) is 65.2 cm³/mol. The quantitative estimate of drug-likeness (QED) is 0.806. The minimum Gasteiger partial charge on any atom is -0.398 e. The number of amides is 1. The maximum atomic E-state index is 13.1. The summed E-state index contributed by atoms with van der Waals surface area (Å²) in [6, 6.07) is 3.73. The van der Waals surface area contributed by atoms with Gasteiger partial charge in [-0.05, 0) is 18.2 Å². The Morgan fingerprint density at radius 2 is 2.33 bits per heavy atom. The number of aromatic amines is 1. The Kier molecular flexibility index (Phi) is 3.27. The first-order chi connectivity index (χ1) is 8.58. The van der Waals surface area contributed by atoms with Gasteiger partial charge in [-0.2, -0.15) is 0 Å². The molecule has 3 N–H and O–H groups in total. The molecule has 0 saturated heterocycles. The molecule has 0 aliphatic carbocycles. The van der Waals surface area contributed by atoms with Crippen LogP contribution in [0, 0.1) is 5.82 Å². The number of nitrogens with zero attached hydrogens (tertiary/aromatic N) is 2. The molecule has 6 heteroatoms. The summed E-state index contributed by atoms with van der Waals surface area (Å²) in [5.41, 5.74) is 6.08. The van der Waals surface area contributed by atoms with Crippen molar-refractivity contribution in [2.24, 2.45) is 0 Å². The molecule has 0 atom stereocenters. The first kappa shape index (κ1) is 12.1. The van der Waals surface area contributed by atoms with Crippen molar-refractivity contribution < 1.29 is 9.18 Å². The lowest BCUT2D eigenvalue weighted by Crippen LogP contribution is -2.27. The Labute approximate surface area is 103 Å². The highest BCUT2D eigenvalue weighted by atomic mass is 19.1. The van der Waals surface area contributed by atoms with E-state index >= 15 is 0 Å². The van der Waals surface area contributed by atoms with Crippen LogP contribution in [0.1, 0.15) is 16.2 Å². The molecule has 0 spiro atoms. The summed E-state index contributed by atoms with van der Waals surface area (Å²) in [7, 11) is 1.61. The number of rotatable bonds is 3. The van der Waals surface area contributed by atoms with Crippen LogP contribution in [0.2, 0.25) is 0 Å². The number of carbonyl (C=O) groups excluding carboxylic acids is 1. The van der Waals surface area contributed by atoms with Gasteiger partial charge in [0.25, 0.3) is 5.91 Å². The third kappa shape index (κ3) is 2.48. The largest absolute Gasteiger partial charge is 0.398 e. The molecule has 2 rings (SSSR count). The summed E-state index contributed by atoms with van der Waals surface area (Å²) in [4.78, 5) is 20.4. The molecule has 0 aliphatic rings. The molecule has 18 heavy (non-hydrogen) atoms. The van der Waals surface area contributed by atoms with Crippen molar-refractivity contribution >= 4 is 11.6 Å². The zero-order chi connectivity index (χ0) is 13.1. The normalized spacial score (nSPS) is 10.3. The number of carbonyl (C=O) groups is 1. The van der Waals surface area contributed by atoms with Gasteiger partial charge in [0, 0.05) is 25.1 Å². The molecular formula is C12H13FN4O. The lowest BCUT2D eigenvalue weighted by molar-refractivity contribution is 0.0782. The topological polar surface area (TPSA) is 75.0 Å². The van der Waals surface area contributed by atoms with Crippen LogP contribution in [0.4, 0.5) is 10.1 Å². The lowest BCUT2D eigenvalue weighted by atomic mass is 10.1. The number of benzene rings is 1. The number of nitrogen functional groups attached to an aromatic ring is 1. The van der Waals surface area contributed by atoms with Crippen molar-refractivity contribution in [3.63, 3.8) is 0 Å². The van der Waals surface area contributed by atoms with Crippen LogP contribution in [-0.4, -0.2) is 27.8 Å². The molecule has 1 aromatic carbocycles. The number of hydrogen-bond acceptors (Lipinski definition) is 3. The molecule has 94 valence electrons. The van der Waals surface area contributed by atoms with E-state index in [9.17, 15) is 9.18 Å². The molecule has 1 heterocycles. The molecule has 0 aliphatic heterocycles. The second kappa shape index (κ2) is 4.87. The smallest absolute Gasteiger partial charge is 0.256 e. The number of hydrogen-bond donors (Lipinski definition) is 2. The fourth-order valence-electron chi connectivity index (χ4n) is 1.60. The standard InChI is InChI=1S/C12H13FN4O/c1-17(7-11-15-4-5-16-11)12(18)9-6-8(13)2-3-10(9)14/h2-6H,7,14H2,1H3,(H,15,16). The van der Waals surface area contributed by atoms with Crippen LogP contribution in [0.25, 0.3) is 0 Å². The van der Waals surface area contributed by atoms with Crippen LogP contribution in [0.15, 0.2) is 30.6 Å². The Bertz CT molecular complexity index is 553. The number of imidazole rings is 1. The zero-order valence-corrected chi connectivity index (χ0v) is 9.85. The third-order valence-corrected chi connectivity index (χ3v) is 2.53. The monoisotopic (exact) mass is 248 g/mol. The van der Waals surface area contributed by atoms with Crippen LogP contribution >= 0.6 is 0 Å². The average molecular weight is 248 g/mol. The van der Waals surface area contributed by atoms with Gasteiger partial charge in [-0.15, -0.1) is 0 Å². The summed E-state index contributed by atoms with van der Waals surface area (Å²) in [6.07, 6.45) is 3.27. The van der Waals surface area contributed by atoms with Crippen molar-refractivity contribution in [1.29, 1.82) is 0 Å². The van der Waals surface area contributed by atoms with Crippen LogP contribution < -0.4 is 5.73 Å². The number of H-pyrrole nitrogens is 1. The molecule has 0 unspecified atom stereocenters. The van der Waals surface area contributed by atoms with E-state index in [-0.39, 0.29) is 17.2 Å². The van der Waals surface area contributed by atoms with E-state index < -0.39 is 5.82 Å². The van der Waals surface area contributed by atoms with Crippen LogP contribution in [-0.2, 0) is 6.54 Å². The van der Waals surface area contributed by atoms with E-state index in [1.165, 1.54) is 17.0 Å². The maximum absolute atomic E-state index is 13.1. The fraction of sp³-hybridized carbons (Fsp3) is 0.167. The van der Waals surface area contributed by atoms with Gasteiger partial charge < -0.3 is 15.6 Å². The highest BCUT2D eigenvalue weighted by Gasteiger charge is 2.16. The molecule has 1 amide bonds. The van der Waals surface area contributed by atoms with Gasteiger partial charge >= 0.3 is 0 Å². The third-order valence-electron chi connectivity index (χ3n) is 2.53. The van der Waals surface area contributed by atoms with Gasteiger partial charge in [0.15, 0.2) is 0 Å². The summed E-state index contributed by atoms with van der Waals surface area (Å²) in [6.45, 7) is 0.307. The molecular weight excluding hydrogens is 235 g/mol. The molecule has 0 radical (unpaired) electrons. The van der Waals surface area contributed by atoms with Crippen LogP contribution in [0.3, 0.4) is 0 Å². The number of nitrogens with two attached hydrogens (primary N) is 1. The van der Waals surface area contributed by atoms with Gasteiger partial charge in [0.1, 0.15) is 11.6 Å². The molecule has 1 aromatic heterocycles. The summed E-state index contributed by atoms with van der Waals surface area (Å²) < 4.78 is 13.1. The van der Waals surface area contributed by atoms with Crippen molar-refractivity contribution in [3.05, 3.63) is 47.8 Å². The Hall–Kier alpha value is -2.37. The van der Waals surface area contributed by atoms with Gasteiger partial charge in [-0.25, -0.2) is 9.37 Å². The van der Waals surface area contributed by atoms with Crippen LogP contribution in [0.5, 0.6) is 0 Å². The van der Waals surface area contributed by atoms with Crippen molar-refractivity contribution in [2.45, 2.75) is 6.54 Å². The van der Waals surface area contributed by atoms with E-state index in [1.54, 1.807) is 19.4 Å². The highest BCUT2D eigenvalue weighted by molar-refractivity contribution is 5.98. The average Bonchev–Trinajstić information content (AvgIpc) is 2.84.